The lowest BCUT2D eigenvalue weighted by molar-refractivity contribution is -0.114. The van der Waals surface area contributed by atoms with E-state index in [2.05, 4.69) is 20.9 Å². The molecule has 7 nitrogen and oxygen atoms in total. The smallest absolute Gasteiger partial charge is 0.272 e. The van der Waals surface area contributed by atoms with Crippen molar-refractivity contribution in [3.8, 4) is 0 Å². The number of nitrogens with one attached hydrogen (secondary N) is 3. The van der Waals surface area contributed by atoms with Gasteiger partial charge in [-0.15, -0.1) is 23.1 Å². The lowest BCUT2D eigenvalue weighted by atomic mass is 10.1. The Bertz CT molecular complexity index is 1440. The van der Waals surface area contributed by atoms with Crippen LogP contribution in [-0.4, -0.2) is 28.5 Å². The van der Waals surface area contributed by atoms with E-state index >= 15 is 0 Å². The fourth-order valence-electron chi connectivity index (χ4n) is 3.16. The summed E-state index contributed by atoms with van der Waals surface area (Å²) in [7, 11) is 0. The van der Waals surface area contributed by atoms with Crippen LogP contribution in [0.4, 0.5) is 10.8 Å². The molecule has 1 heterocycles. The maximum Gasteiger partial charge on any atom is 0.272 e. The molecule has 4 aromatic rings. The van der Waals surface area contributed by atoms with Gasteiger partial charge in [0.1, 0.15) is 5.70 Å². The zero-order valence-electron chi connectivity index (χ0n) is 19.6. The Morgan fingerprint density at radius 1 is 0.895 bits per heavy atom. The van der Waals surface area contributed by atoms with Gasteiger partial charge in [-0.1, -0.05) is 47.5 Å². The number of hydrogen-bond donors (Lipinski definition) is 3. The van der Waals surface area contributed by atoms with Crippen molar-refractivity contribution in [2.45, 2.75) is 4.90 Å². The Balaban J connectivity index is 1.46. The van der Waals surface area contributed by atoms with E-state index in [4.69, 9.17) is 23.2 Å². The van der Waals surface area contributed by atoms with Gasteiger partial charge in [0.05, 0.1) is 5.75 Å². The molecule has 0 atom stereocenters. The number of halogens is 2. The van der Waals surface area contributed by atoms with Crippen molar-refractivity contribution in [3.05, 3.63) is 111 Å². The average Bonchev–Trinajstić information content (AvgIpc) is 3.43. The predicted octanol–water partition coefficient (Wildman–Crippen LogP) is 6.59. The minimum Gasteiger partial charge on any atom is -0.321 e. The van der Waals surface area contributed by atoms with Gasteiger partial charge in [0.15, 0.2) is 5.13 Å². The highest BCUT2D eigenvalue weighted by atomic mass is 35.5. The molecule has 0 aliphatic heterocycles. The van der Waals surface area contributed by atoms with Crippen LogP contribution in [0.15, 0.2) is 95.0 Å². The largest absolute Gasteiger partial charge is 0.321 e. The van der Waals surface area contributed by atoms with Crippen molar-refractivity contribution in [1.29, 1.82) is 0 Å². The lowest BCUT2D eigenvalue weighted by Gasteiger charge is -2.13. The van der Waals surface area contributed by atoms with E-state index in [-0.39, 0.29) is 17.4 Å². The first-order chi connectivity index (χ1) is 18.4. The number of rotatable bonds is 9. The molecule has 0 radical (unpaired) electrons. The van der Waals surface area contributed by atoms with E-state index in [9.17, 15) is 14.4 Å². The van der Waals surface area contributed by atoms with E-state index in [0.717, 1.165) is 4.90 Å². The van der Waals surface area contributed by atoms with E-state index in [1.165, 1.54) is 29.2 Å². The molecule has 0 bridgehead atoms. The second-order valence-electron chi connectivity index (χ2n) is 7.67. The Labute approximate surface area is 237 Å². The van der Waals surface area contributed by atoms with Crippen molar-refractivity contribution < 1.29 is 14.4 Å². The van der Waals surface area contributed by atoms with Crippen molar-refractivity contribution in [2.75, 3.05) is 16.4 Å². The molecule has 0 aliphatic rings. The third kappa shape index (κ3) is 7.69. The summed E-state index contributed by atoms with van der Waals surface area (Å²) in [6.07, 6.45) is 3.06. The van der Waals surface area contributed by atoms with E-state index in [1.54, 1.807) is 84.4 Å². The van der Waals surface area contributed by atoms with Gasteiger partial charge < -0.3 is 16.0 Å². The van der Waals surface area contributed by atoms with Gasteiger partial charge in [-0.25, -0.2) is 4.98 Å². The van der Waals surface area contributed by atoms with E-state index < -0.39 is 11.8 Å². The molecule has 0 aliphatic carbocycles. The fourth-order valence-corrected chi connectivity index (χ4v) is 4.91. The molecule has 0 saturated heterocycles. The first-order valence-corrected chi connectivity index (χ1v) is 13.8. The lowest BCUT2D eigenvalue weighted by Crippen LogP contribution is -2.30. The molecular formula is C27H20Cl2N4O3S2. The van der Waals surface area contributed by atoms with Crippen LogP contribution in [0.2, 0.25) is 10.0 Å². The molecule has 0 spiro atoms. The maximum absolute atomic E-state index is 13.2. The molecule has 192 valence electrons. The van der Waals surface area contributed by atoms with Gasteiger partial charge in [0, 0.05) is 43.3 Å². The number of carbonyl (C=O) groups is 3. The summed E-state index contributed by atoms with van der Waals surface area (Å²) >= 11 is 15.3. The van der Waals surface area contributed by atoms with Crippen LogP contribution in [0.5, 0.6) is 0 Å². The molecule has 0 saturated carbocycles. The van der Waals surface area contributed by atoms with Gasteiger partial charge >= 0.3 is 0 Å². The van der Waals surface area contributed by atoms with Crippen molar-refractivity contribution >= 4 is 80.9 Å². The molecule has 3 N–H and O–H groups in total. The number of aromatic nitrogens is 1. The van der Waals surface area contributed by atoms with Crippen LogP contribution in [0.3, 0.4) is 0 Å². The first kappa shape index (κ1) is 27.4. The summed E-state index contributed by atoms with van der Waals surface area (Å²) in [6, 6.07) is 20.5. The van der Waals surface area contributed by atoms with Gasteiger partial charge in [0.2, 0.25) is 5.91 Å². The van der Waals surface area contributed by atoms with Gasteiger partial charge in [-0.2, -0.15) is 0 Å². The number of anilines is 2. The monoisotopic (exact) mass is 582 g/mol. The number of nitrogens with zero attached hydrogens (tertiary/aromatic N) is 1. The van der Waals surface area contributed by atoms with Crippen LogP contribution >= 0.6 is 46.3 Å². The van der Waals surface area contributed by atoms with Crippen LogP contribution in [0.25, 0.3) is 6.08 Å². The third-order valence-corrected chi connectivity index (χ3v) is 7.34. The summed E-state index contributed by atoms with van der Waals surface area (Å²) in [4.78, 5) is 43.0. The molecule has 3 amide bonds. The Kier molecular flexibility index (Phi) is 9.56. The van der Waals surface area contributed by atoms with Crippen LogP contribution < -0.4 is 16.0 Å². The summed E-state index contributed by atoms with van der Waals surface area (Å²) in [5, 5.41) is 11.2. The topological polar surface area (TPSA) is 100 Å². The highest BCUT2D eigenvalue weighted by molar-refractivity contribution is 8.00. The summed E-state index contributed by atoms with van der Waals surface area (Å²) < 4.78 is 0. The number of hydrogen-bond acceptors (Lipinski definition) is 6. The molecule has 0 fully saturated rings. The first-order valence-electron chi connectivity index (χ1n) is 11.1. The van der Waals surface area contributed by atoms with Crippen LogP contribution in [-0.2, 0) is 9.59 Å². The van der Waals surface area contributed by atoms with Gasteiger partial charge in [-0.3, -0.25) is 14.4 Å². The SMILES string of the molecule is O=C(CSc1ccc(NC(=O)/C(=C/c2c(Cl)cccc2Cl)NC(=O)c2ccccc2)cc1)Nc1nccs1. The van der Waals surface area contributed by atoms with Crippen LogP contribution in [0.1, 0.15) is 15.9 Å². The van der Waals surface area contributed by atoms with Gasteiger partial charge in [-0.05, 0) is 54.6 Å². The standard InChI is InChI=1S/C27H20Cl2N4O3S2/c28-21-7-4-8-22(29)20(21)15-23(32-25(35)17-5-2-1-3-6-17)26(36)31-18-9-11-19(12-10-18)38-16-24(34)33-27-30-13-14-37-27/h1-15H,16H2,(H,31,36)(H,32,35)(H,30,33,34)/b23-15-. The Morgan fingerprint density at radius 2 is 1.61 bits per heavy atom. The molecular weight excluding hydrogens is 563 g/mol. The highest BCUT2D eigenvalue weighted by Gasteiger charge is 2.17. The quantitative estimate of drug-likeness (QED) is 0.153. The number of thioether (sulfide) groups is 1. The molecule has 3 aromatic carbocycles. The molecule has 1 aromatic heterocycles. The van der Waals surface area contributed by atoms with Gasteiger partial charge in [0.25, 0.3) is 11.8 Å². The average molecular weight is 584 g/mol. The summed E-state index contributed by atoms with van der Waals surface area (Å²) in [5.41, 5.74) is 1.25. The number of amides is 3. The molecule has 38 heavy (non-hydrogen) atoms. The second-order valence-corrected chi connectivity index (χ2v) is 10.4. The molecule has 4 rings (SSSR count). The zero-order chi connectivity index (χ0) is 26.9. The van der Waals surface area contributed by atoms with Crippen molar-refractivity contribution in [3.63, 3.8) is 0 Å². The van der Waals surface area contributed by atoms with Crippen molar-refractivity contribution in [1.82, 2.24) is 10.3 Å². The van der Waals surface area contributed by atoms with E-state index in [0.29, 0.717) is 32.0 Å². The highest BCUT2D eigenvalue weighted by Crippen LogP contribution is 2.27. The fraction of sp³-hybridized carbons (Fsp3) is 0.0370. The number of thiazole rings is 1. The number of benzene rings is 3. The normalized spacial score (nSPS) is 11.1. The third-order valence-electron chi connectivity index (χ3n) is 4.98. The Morgan fingerprint density at radius 3 is 2.26 bits per heavy atom. The minimum absolute atomic E-state index is 0.0360. The summed E-state index contributed by atoms with van der Waals surface area (Å²) in [6.45, 7) is 0. The molecule has 0 unspecified atom stereocenters. The van der Waals surface area contributed by atoms with Crippen LogP contribution in [0, 0.1) is 0 Å². The maximum atomic E-state index is 13.2. The predicted molar refractivity (Wildman–Crippen MR) is 155 cm³/mol. The van der Waals surface area contributed by atoms with E-state index in [1.807, 2.05) is 0 Å². The minimum atomic E-state index is -0.562. The molecule has 11 heteroatoms. The summed E-state index contributed by atoms with van der Waals surface area (Å²) in [5.74, 6) is -0.974. The Hall–Kier alpha value is -3.63. The number of carbonyl (C=O) groups excluding carboxylic acids is 3. The van der Waals surface area contributed by atoms with Crippen molar-refractivity contribution in [2.24, 2.45) is 0 Å². The zero-order valence-corrected chi connectivity index (χ0v) is 22.8. The second kappa shape index (κ2) is 13.3.